The van der Waals surface area contributed by atoms with Crippen LogP contribution < -0.4 is 10.1 Å². The topological polar surface area (TPSA) is 84.8 Å². The number of anilines is 1. The van der Waals surface area contributed by atoms with Gasteiger partial charge in [0.1, 0.15) is 12.3 Å². The Labute approximate surface area is 176 Å². The predicted molar refractivity (Wildman–Crippen MR) is 117 cm³/mol. The molecule has 0 aliphatic carbocycles. The maximum Gasteiger partial charge on any atom is 0.246 e. The summed E-state index contributed by atoms with van der Waals surface area (Å²) in [6, 6.07) is 13.6. The molecule has 0 bridgehead atoms. The highest BCUT2D eigenvalue weighted by molar-refractivity contribution is 7.71. The molecule has 0 spiro atoms. The van der Waals surface area contributed by atoms with Crippen LogP contribution in [0.4, 0.5) is 5.13 Å². The largest absolute Gasteiger partial charge is 0.494 e. The number of hydrogen-bond donors (Lipinski definition) is 2. The van der Waals surface area contributed by atoms with E-state index in [1.165, 1.54) is 11.3 Å². The molecule has 0 saturated carbocycles. The van der Waals surface area contributed by atoms with E-state index in [9.17, 15) is 4.79 Å². The first kappa shape index (κ1) is 19.3. The van der Waals surface area contributed by atoms with Gasteiger partial charge in [-0.1, -0.05) is 35.1 Å². The number of aromatic nitrogens is 4. The molecule has 1 amide bonds. The molecule has 0 unspecified atom stereocenters. The SMILES string of the molecule is CCOc1ccc2nc(NC(=O)Cn3c(-c4cccc(C)c4)n[nH]c3=S)sc2c1. The Balaban J connectivity index is 1.54. The van der Waals surface area contributed by atoms with Crippen LogP contribution in [0.15, 0.2) is 42.5 Å². The Kier molecular flexibility index (Phi) is 5.41. The highest BCUT2D eigenvalue weighted by Gasteiger charge is 2.14. The average molecular weight is 426 g/mol. The van der Waals surface area contributed by atoms with Crippen molar-refractivity contribution < 1.29 is 9.53 Å². The van der Waals surface area contributed by atoms with E-state index in [-0.39, 0.29) is 12.5 Å². The van der Waals surface area contributed by atoms with Gasteiger partial charge in [-0.3, -0.25) is 14.5 Å². The number of H-pyrrole nitrogens is 1. The molecule has 0 aliphatic rings. The Morgan fingerprint density at radius 1 is 1.31 bits per heavy atom. The van der Waals surface area contributed by atoms with Crippen molar-refractivity contribution in [3.8, 4) is 17.1 Å². The summed E-state index contributed by atoms with van der Waals surface area (Å²) >= 11 is 6.72. The predicted octanol–water partition coefficient (Wildman–Crippen LogP) is 4.56. The zero-order valence-corrected chi connectivity index (χ0v) is 17.6. The summed E-state index contributed by atoms with van der Waals surface area (Å²) in [7, 11) is 0. The van der Waals surface area contributed by atoms with Crippen molar-refractivity contribution in [2.45, 2.75) is 20.4 Å². The van der Waals surface area contributed by atoms with Crippen molar-refractivity contribution >= 4 is 44.8 Å². The third-order valence-corrected chi connectivity index (χ3v) is 5.50. The van der Waals surface area contributed by atoms with E-state index < -0.39 is 0 Å². The maximum atomic E-state index is 12.7. The lowest BCUT2D eigenvalue weighted by atomic mass is 10.1. The molecule has 2 heterocycles. The number of aryl methyl sites for hydroxylation is 1. The van der Waals surface area contributed by atoms with Gasteiger partial charge in [-0.15, -0.1) is 0 Å². The molecule has 2 N–H and O–H groups in total. The molecular weight excluding hydrogens is 406 g/mol. The lowest BCUT2D eigenvalue weighted by molar-refractivity contribution is -0.116. The van der Waals surface area contributed by atoms with Gasteiger partial charge in [-0.05, 0) is 50.3 Å². The second kappa shape index (κ2) is 8.14. The first-order valence-electron chi connectivity index (χ1n) is 9.09. The molecule has 29 heavy (non-hydrogen) atoms. The van der Waals surface area contributed by atoms with Crippen molar-refractivity contribution in [3.05, 3.63) is 52.8 Å². The van der Waals surface area contributed by atoms with Gasteiger partial charge in [0.25, 0.3) is 0 Å². The molecule has 2 aromatic heterocycles. The fraction of sp³-hybridized carbons (Fsp3) is 0.200. The average Bonchev–Trinajstić information content (AvgIpc) is 3.25. The van der Waals surface area contributed by atoms with Gasteiger partial charge in [0, 0.05) is 5.56 Å². The van der Waals surface area contributed by atoms with Gasteiger partial charge in [0.15, 0.2) is 15.7 Å². The lowest BCUT2D eigenvalue weighted by Crippen LogP contribution is -2.19. The number of carbonyl (C=O) groups is 1. The van der Waals surface area contributed by atoms with Crippen LogP contribution in [0.5, 0.6) is 5.75 Å². The molecule has 2 aromatic carbocycles. The molecule has 0 atom stereocenters. The van der Waals surface area contributed by atoms with Crippen LogP contribution in [0, 0.1) is 11.7 Å². The van der Waals surface area contributed by atoms with Crippen LogP contribution in [0.25, 0.3) is 21.6 Å². The van der Waals surface area contributed by atoms with E-state index in [1.54, 1.807) is 4.57 Å². The van der Waals surface area contributed by atoms with Gasteiger partial charge in [-0.2, -0.15) is 5.10 Å². The van der Waals surface area contributed by atoms with Gasteiger partial charge >= 0.3 is 0 Å². The zero-order chi connectivity index (χ0) is 20.4. The van der Waals surface area contributed by atoms with Crippen molar-refractivity contribution in [3.63, 3.8) is 0 Å². The number of rotatable bonds is 6. The van der Waals surface area contributed by atoms with Crippen LogP contribution in [0.1, 0.15) is 12.5 Å². The van der Waals surface area contributed by atoms with Crippen LogP contribution in [-0.4, -0.2) is 32.3 Å². The number of aromatic amines is 1. The standard InChI is InChI=1S/C20H19N5O2S2/c1-3-27-14-7-8-15-16(10-14)29-19(21-15)22-17(26)11-25-18(23-24-20(25)28)13-6-4-5-12(2)9-13/h4-10H,3,11H2,1-2H3,(H,24,28)(H,21,22,26). The minimum absolute atomic E-state index is 0.0404. The minimum atomic E-state index is -0.222. The number of carbonyl (C=O) groups excluding carboxylic acids is 1. The minimum Gasteiger partial charge on any atom is -0.494 e. The normalized spacial score (nSPS) is 11.0. The molecule has 7 nitrogen and oxygen atoms in total. The number of ether oxygens (including phenoxy) is 1. The number of nitrogens with one attached hydrogen (secondary N) is 2. The van der Waals surface area contributed by atoms with E-state index in [4.69, 9.17) is 17.0 Å². The lowest BCUT2D eigenvalue weighted by Gasteiger charge is -2.07. The molecule has 4 aromatic rings. The summed E-state index contributed by atoms with van der Waals surface area (Å²) in [6.07, 6.45) is 0. The number of thiazole rings is 1. The number of benzene rings is 2. The van der Waals surface area contributed by atoms with Gasteiger partial charge in [0.05, 0.1) is 16.8 Å². The van der Waals surface area contributed by atoms with Crippen LogP contribution >= 0.6 is 23.6 Å². The summed E-state index contributed by atoms with van der Waals surface area (Å²) in [6.45, 7) is 4.58. The van der Waals surface area contributed by atoms with Crippen LogP contribution in [0.3, 0.4) is 0 Å². The third kappa shape index (κ3) is 4.20. The van der Waals surface area contributed by atoms with E-state index in [0.717, 1.165) is 27.1 Å². The van der Waals surface area contributed by atoms with Gasteiger partial charge < -0.3 is 10.1 Å². The van der Waals surface area contributed by atoms with Crippen molar-refractivity contribution in [2.24, 2.45) is 0 Å². The summed E-state index contributed by atoms with van der Waals surface area (Å²) in [4.78, 5) is 17.1. The van der Waals surface area contributed by atoms with E-state index >= 15 is 0 Å². The fourth-order valence-electron chi connectivity index (χ4n) is 2.99. The maximum absolute atomic E-state index is 12.7. The zero-order valence-electron chi connectivity index (χ0n) is 15.9. The quantitative estimate of drug-likeness (QED) is 0.442. The number of amides is 1. The van der Waals surface area contributed by atoms with E-state index in [0.29, 0.717) is 22.3 Å². The molecular formula is C20H19N5O2S2. The second-order valence-corrected chi connectivity index (χ2v) is 7.86. The van der Waals surface area contributed by atoms with E-state index in [1.807, 2.05) is 56.3 Å². The van der Waals surface area contributed by atoms with Crippen LogP contribution in [-0.2, 0) is 11.3 Å². The Morgan fingerprint density at radius 2 is 2.17 bits per heavy atom. The first-order valence-corrected chi connectivity index (χ1v) is 10.3. The smallest absolute Gasteiger partial charge is 0.246 e. The van der Waals surface area contributed by atoms with Gasteiger partial charge in [-0.25, -0.2) is 4.98 Å². The summed E-state index contributed by atoms with van der Waals surface area (Å²) < 4.78 is 8.54. The van der Waals surface area contributed by atoms with Gasteiger partial charge in [0.2, 0.25) is 5.91 Å². The number of fused-ring (bicyclic) bond motifs is 1. The van der Waals surface area contributed by atoms with Crippen molar-refractivity contribution in [1.82, 2.24) is 19.7 Å². The molecule has 148 valence electrons. The highest BCUT2D eigenvalue weighted by Crippen LogP contribution is 2.29. The monoisotopic (exact) mass is 425 g/mol. The summed E-state index contributed by atoms with van der Waals surface area (Å²) in [5, 5.41) is 10.5. The summed E-state index contributed by atoms with van der Waals surface area (Å²) in [5.74, 6) is 1.19. The highest BCUT2D eigenvalue weighted by atomic mass is 32.1. The number of nitrogens with zero attached hydrogens (tertiary/aromatic N) is 3. The molecule has 0 aliphatic heterocycles. The molecule has 0 fully saturated rings. The first-order chi connectivity index (χ1) is 14.0. The summed E-state index contributed by atoms with van der Waals surface area (Å²) in [5.41, 5.74) is 2.82. The Hall–Kier alpha value is -3.04. The Morgan fingerprint density at radius 3 is 2.97 bits per heavy atom. The molecule has 9 heteroatoms. The molecule has 4 rings (SSSR count). The Bertz CT molecular complexity index is 1240. The second-order valence-electron chi connectivity index (χ2n) is 6.44. The van der Waals surface area contributed by atoms with Crippen LogP contribution in [0.2, 0.25) is 0 Å². The molecule has 0 radical (unpaired) electrons. The van der Waals surface area contributed by atoms with Crippen molar-refractivity contribution in [1.29, 1.82) is 0 Å². The fourth-order valence-corrected chi connectivity index (χ4v) is 4.09. The third-order valence-electron chi connectivity index (χ3n) is 4.25. The van der Waals surface area contributed by atoms with E-state index in [2.05, 4.69) is 20.5 Å². The number of hydrogen-bond acceptors (Lipinski definition) is 6. The molecule has 0 saturated heterocycles. The van der Waals surface area contributed by atoms with Crippen molar-refractivity contribution in [2.75, 3.05) is 11.9 Å².